The first-order valence-electron chi connectivity index (χ1n) is 7.68. The fourth-order valence-corrected chi connectivity index (χ4v) is 3.24. The van der Waals surface area contributed by atoms with Crippen molar-refractivity contribution in [3.8, 4) is 17.2 Å². The Morgan fingerprint density at radius 2 is 1.55 bits per heavy atom. The second-order valence-corrected chi connectivity index (χ2v) is 5.70. The minimum atomic E-state index is -1.36. The van der Waals surface area contributed by atoms with E-state index >= 15 is 0 Å². The third kappa shape index (κ3) is 2.70. The van der Waals surface area contributed by atoms with Crippen LogP contribution in [-0.2, 0) is 4.79 Å². The minimum absolute atomic E-state index is 0.0925. The second kappa shape index (κ2) is 6.74. The van der Waals surface area contributed by atoms with Gasteiger partial charge in [-0.3, -0.25) is 35.1 Å². The first kappa shape index (κ1) is 19.0. The molecule has 1 aliphatic rings. The molecule has 0 amide bonds. The zero-order valence-electron chi connectivity index (χ0n) is 14.1. The molecule has 0 aliphatic heterocycles. The topological polar surface area (TPSA) is 194 Å². The summed E-state index contributed by atoms with van der Waals surface area (Å²) in [6, 6.07) is 8.29. The number of allylic oxidation sites excluding steroid dienone is 1. The number of carbonyl (C=O) groups is 1. The fourth-order valence-electron chi connectivity index (χ4n) is 3.24. The normalized spacial score (nSPS) is 12.9. The van der Waals surface area contributed by atoms with E-state index in [1.165, 1.54) is 24.3 Å². The van der Waals surface area contributed by atoms with Crippen molar-refractivity contribution in [2.24, 2.45) is 0 Å². The van der Waals surface area contributed by atoms with Gasteiger partial charge in [0.05, 0.1) is 26.5 Å². The molecule has 29 heavy (non-hydrogen) atoms. The van der Waals surface area contributed by atoms with Gasteiger partial charge in [-0.25, -0.2) is 0 Å². The van der Waals surface area contributed by atoms with Crippen LogP contribution >= 0.6 is 0 Å². The van der Waals surface area contributed by atoms with Gasteiger partial charge < -0.3 is 5.41 Å². The molecule has 12 heteroatoms. The SMILES string of the molecule is N#CC(C(=O)C=N)=C1c2ccccc2-c2cc([N+](=O)[O-])c([N+](=O)[O-])c([N+](=O)[O-])c21. The van der Waals surface area contributed by atoms with Crippen molar-refractivity contribution >= 4 is 34.6 Å². The van der Waals surface area contributed by atoms with Gasteiger partial charge in [-0.2, -0.15) is 5.26 Å². The number of nitriles is 1. The first-order chi connectivity index (χ1) is 13.7. The van der Waals surface area contributed by atoms with Crippen LogP contribution in [0.25, 0.3) is 16.7 Å². The third-order valence-electron chi connectivity index (χ3n) is 4.29. The molecule has 1 aliphatic carbocycles. The summed E-state index contributed by atoms with van der Waals surface area (Å²) in [5, 5.41) is 51.2. The molecule has 2 aromatic carbocycles. The lowest BCUT2D eigenvalue weighted by molar-refractivity contribution is -0.441. The summed E-state index contributed by atoms with van der Waals surface area (Å²) in [5.41, 5.74) is -4.72. The van der Waals surface area contributed by atoms with E-state index in [1.54, 1.807) is 6.07 Å². The van der Waals surface area contributed by atoms with Crippen LogP contribution in [0.1, 0.15) is 11.1 Å². The van der Waals surface area contributed by atoms with Crippen molar-refractivity contribution in [2.75, 3.05) is 0 Å². The standard InChI is InChI=1S/C17H7N5O7/c18-6-11(13(23)7-19)14-9-4-2-1-3-8(9)10-5-12(20(24)25)16(21(26)27)17(15(10)14)22(28)29/h1-5,7,19H. The van der Waals surface area contributed by atoms with Crippen molar-refractivity contribution < 1.29 is 19.6 Å². The van der Waals surface area contributed by atoms with Crippen LogP contribution in [0, 0.1) is 47.1 Å². The van der Waals surface area contributed by atoms with Crippen LogP contribution in [0.3, 0.4) is 0 Å². The van der Waals surface area contributed by atoms with Gasteiger partial charge in [0.1, 0.15) is 11.6 Å². The third-order valence-corrected chi connectivity index (χ3v) is 4.29. The Balaban J connectivity index is 2.67. The van der Waals surface area contributed by atoms with Gasteiger partial charge in [-0.1, -0.05) is 24.3 Å². The first-order valence-corrected chi connectivity index (χ1v) is 7.68. The number of rotatable bonds is 5. The number of Topliss-reactive ketones (excluding diaryl/α,β-unsaturated/α-hetero) is 1. The molecule has 0 spiro atoms. The van der Waals surface area contributed by atoms with Crippen LogP contribution in [0.5, 0.6) is 0 Å². The summed E-state index contributed by atoms with van der Waals surface area (Å²) in [5.74, 6) is -1.07. The second-order valence-electron chi connectivity index (χ2n) is 5.70. The Bertz CT molecular complexity index is 1240. The van der Waals surface area contributed by atoms with Crippen molar-refractivity contribution in [1.29, 1.82) is 10.7 Å². The summed E-state index contributed by atoms with van der Waals surface area (Å²) < 4.78 is 0. The highest BCUT2D eigenvalue weighted by atomic mass is 16.6. The maximum atomic E-state index is 12.1. The summed E-state index contributed by atoms with van der Waals surface area (Å²) >= 11 is 0. The predicted molar refractivity (Wildman–Crippen MR) is 97.3 cm³/mol. The number of nitrogens with zero attached hydrogens (tertiary/aromatic N) is 4. The Morgan fingerprint density at radius 1 is 0.966 bits per heavy atom. The molecule has 0 atom stereocenters. The average Bonchev–Trinajstić information content (AvgIpc) is 3.01. The van der Waals surface area contributed by atoms with Crippen LogP contribution in [0.4, 0.5) is 17.1 Å². The molecule has 0 aromatic heterocycles. The Labute approximate surface area is 160 Å². The molecule has 0 heterocycles. The quantitative estimate of drug-likeness (QED) is 0.224. The van der Waals surface area contributed by atoms with Crippen LogP contribution in [-0.4, -0.2) is 26.8 Å². The lowest BCUT2D eigenvalue weighted by Gasteiger charge is -2.06. The van der Waals surface area contributed by atoms with Crippen molar-refractivity contribution in [3.63, 3.8) is 0 Å². The molecule has 0 saturated carbocycles. The van der Waals surface area contributed by atoms with Crippen molar-refractivity contribution in [1.82, 2.24) is 0 Å². The van der Waals surface area contributed by atoms with E-state index in [9.17, 15) is 40.4 Å². The summed E-state index contributed by atoms with van der Waals surface area (Å²) in [7, 11) is 0. The van der Waals surface area contributed by atoms with Crippen molar-refractivity contribution in [3.05, 3.63) is 77.4 Å². The van der Waals surface area contributed by atoms with E-state index in [2.05, 4.69) is 0 Å². The molecule has 142 valence electrons. The average molecular weight is 393 g/mol. The van der Waals surface area contributed by atoms with Gasteiger partial charge in [-0.15, -0.1) is 0 Å². The molecule has 0 bridgehead atoms. The van der Waals surface area contributed by atoms with E-state index in [4.69, 9.17) is 5.41 Å². The Kier molecular flexibility index (Phi) is 4.41. The maximum Gasteiger partial charge on any atom is 0.423 e. The van der Waals surface area contributed by atoms with Crippen molar-refractivity contribution in [2.45, 2.75) is 0 Å². The van der Waals surface area contributed by atoms with Gasteiger partial charge in [0.2, 0.25) is 5.78 Å². The number of nitro groups is 3. The summed E-state index contributed by atoms with van der Waals surface area (Å²) in [6.45, 7) is 0. The Morgan fingerprint density at radius 3 is 2.03 bits per heavy atom. The highest BCUT2D eigenvalue weighted by Crippen LogP contribution is 2.54. The molecule has 1 N–H and O–H groups in total. The Hall–Kier alpha value is -4.79. The molecule has 0 saturated heterocycles. The summed E-state index contributed by atoms with van der Waals surface area (Å²) in [6.07, 6.45) is 0.331. The number of fused-ring (bicyclic) bond motifs is 3. The molecular weight excluding hydrogens is 386 g/mol. The number of benzene rings is 2. The van der Waals surface area contributed by atoms with Crippen LogP contribution in [0.15, 0.2) is 35.9 Å². The molecule has 0 unspecified atom stereocenters. The molecule has 3 rings (SSSR count). The van der Waals surface area contributed by atoms with Crippen LogP contribution < -0.4 is 0 Å². The highest BCUT2D eigenvalue weighted by Gasteiger charge is 2.45. The smallest absolute Gasteiger partial charge is 0.305 e. The van der Waals surface area contributed by atoms with E-state index in [0.717, 1.165) is 6.07 Å². The molecule has 2 aromatic rings. The number of nitro benzene ring substituents is 3. The van der Waals surface area contributed by atoms with E-state index in [1.807, 2.05) is 0 Å². The number of carbonyl (C=O) groups excluding carboxylic acids is 1. The van der Waals surface area contributed by atoms with Gasteiger partial charge in [-0.05, 0) is 11.1 Å². The lowest BCUT2D eigenvalue weighted by Crippen LogP contribution is -2.08. The number of hydrogen-bond acceptors (Lipinski definition) is 9. The highest BCUT2D eigenvalue weighted by molar-refractivity contribution is 6.38. The number of nitrogens with one attached hydrogen (secondary N) is 1. The molecule has 0 fully saturated rings. The monoisotopic (exact) mass is 393 g/mol. The van der Waals surface area contributed by atoms with Crippen LogP contribution in [0.2, 0.25) is 0 Å². The predicted octanol–water partition coefficient (Wildman–Crippen LogP) is 2.94. The minimum Gasteiger partial charge on any atom is -0.305 e. The van der Waals surface area contributed by atoms with E-state index in [-0.39, 0.29) is 22.3 Å². The number of hydrogen-bond donors (Lipinski definition) is 1. The lowest BCUT2D eigenvalue weighted by atomic mass is 9.94. The van der Waals surface area contributed by atoms with Gasteiger partial charge >= 0.3 is 17.1 Å². The zero-order valence-corrected chi connectivity index (χ0v) is 14.1. The van der Waals surface area contributed by atoms with Gasteiger partial charge in [0, 0.05) is 17.2 Å². The zero-order chi connectivity index (χ0) is 21.5. The molecular formula is C17H7N5O7. The number of ketones is 1. The van der Waals surface area contributed by atoms with E-state index < -0.39 is 48.8 Å². The largest absolute Gasteiger partial charge is 0.423 e. The van der Waals surface area contributed by atoms with Gasteiger partial charge in [0.15, 0.2) is 0 Å². The van der Waals surface area contributed by atoms with Gasteiger partial charge in [0.25, 0.3) is 0 Å². The molecule has 0 radical (unpaired) electrons. The maximum absolute atomic E-state index is 12.1. The summed E-state index contributed by atoms with van der Waals surface area (Å²) in [4.78, 5) is 43.2. The molecule has 12 nitrogen and oxygen atoms in total. The fraction of sp³-hybridized carbons (Fsp3) is 0. The van der Waals surface area contributed by atoms with E-state index in [0.29, 0.717) is 6.21 Å².